The molecular weight excluding hydrogens is 428 g/mol. The van der Waals surface area contributed by atoms with Crippen LogP contribution < -0.4 is 9.64 Å². The maximum Gasteiger partial charge on any atom is 0.246 e. The van der Waals surface area contributed by atoms with Crippen LogP contribution in [0.2, 0.25) is 5.02 Å². The van der Waals surface area contributed by atoms with Gasteiger partial charge in [-0.05, 0) is 25.1 Å². The van der Waals surface area contributed by atoms with E-state index >= 15 is 0 Å². The quantitative estimate of drug-likeness (QED) is 0.590. The topological polar surface area (TPSA) is 93.5 Å². The van der Waals surface area contributed by atoms with Crippen molar-refractivity contribution in [2.45, 2.75) is 11.8 Å². The second-order valence-corrected chi connectivity index (χ2v) is 9.11. The van der Waals surface area contributed by atoms with Crippen LogP contribution in [0.4, 0.5) is 5.82 Å². The van der Waals surface area contributed by atoms with Crippen LogP contribution in [0, 0.1) is 6.92 Å². The maximum atomic E-state index is 13.1. The number of aromatic nitrogens is 4. The summed E-state index contributed by atoms with van der Waals surface area (Å²) in [7, 11) is -2.29. The largest absolute Gasteiger partial charge is 0.495 e. The number of hydrogen-bond acceptors (Lipinski definition) is 7. The van der Waals surface area contributed by atoms with Gasteiger partial charge in [0, 0.05) is 49.7 Å². The van der Waals surface area contributed by atoms with Crippen LogP contribution in [0.3, 0.4) is 0 Å². The Morgan fingerprint density at radius 3 is 2.43 bits per heavy atom. The summed E-state index contributed by atoms with van der Waals surface area (Å²) in [4.78, 5) is 15.0. The fourth-order valence-electron chi connectivity index (χ4n) is 3.41. The number of hydrogen-bond donors (Lipinski definition) is 0. The van der Waals surface area contributed by atoms with E-state index in [0.29, 0.717) is 37.0 Å². The van der Waals surface area contributed by atoms with Gasteiger partial charge in [-0.3, -0.25) is 4.57 Å². The molecule has 0 atom stereocenters. The molecule has 1 fully saturated rings. The van der Waals surface area contributed by atoms with E-state index in [1.807, 2.05) is 28.7 Å². The number of sulfonamides is 1. The highest BCUT2D eigenvalue weighted by Gasteiger charge is 2.31. The Balaban J connectivity index is 1.52. The lowest BCUT2D eigenvalue weighted by Crippen LogP contribution is -2.49. The number of anilines is 1. The van der Waals surface area contributed by atoms with Gasteiger partial charge in [0.15, 0.2) is 0 Å². The smallest absolute Gasteiger partial charge is 0.246 e. The summed E-state index contributed by atoms with van der Waals surface area (Å²) < 4.78 is 34.8. The summed E-state index contributed by atoms with van der Waals surface area (Å²) in [5, 5.41) is 0.344. The Hall–Kier alpha value is -2.69. The Kier molecular flexibility index (Phi) is 5.63. The minimum Gasteiger partial charge on any atom is -0.495 e. The number of methoxy groups -OCH3 is 1. The number of aryl methyl sites for hydroxylation is 1. The van der Waals surface area contributed by atoms with Crippen molar-refractivity contribution < 1.29 is 13.2 Å². The molecule has 3 aromatic rings. The summed E-state index contributed by atoms with van der Waals surface area (Å²) in [6.45, 7) is 3.54. The van der Waals surface area contributed by atoms with Gasteiger partial charge in [0.05, 0.1) is 7.11 Å². The molecule has 1 saturated heterocycles. The Labute approximate surface area is 180 Å². The zero-order valence-corrected chi connectivity index (χ0v) is 18.1. The number of piperazine rings is 1. The molecule has 4 rings (SSSR count). The first kappa shape index (κ1) is 20.6. The predicted octanol–water partition coefficient (Wildman–Crippen LogP) is 2.14. The molecule has 2 aromatic heterocycles. The minimum atomic E-state index is -3.73. The van der Waals surface area contributed by atoms with Gasteiger partial charge in [-0.2, -0.15) is 4.31 Å². The Bertz CT molecular complexity index is 1160. The third-order valence-electron chi connectivity index (χ3n) is 5.02. The number of nitrogens with zero attached hydrogens (tertiary/aromatic N) is 6. The Morgan fingerprint density at radius 1 is 1.03 bits per heavy atom. The van der Waals surface area contributed by atoms with Crippen molar-refractivity contribution in [1.29, 1.82) is 0 Å². The van der Waals surface area contributed by atoms with Gasteiger partial charge in [0.25, 0.3) is 0 Å². The summed E-state index contributed by atoms with van der Waals surface area (Å²) >= 11 is 6.02. The zero-order valence-electron chi connectivity index (χ0n) is 16.6. The fraction of sp³-hybridized carbons (Fsp3) is 0.316. The summed E-state index contributed by atoms with van der Waals surface area (Å²) in [5.74, 6) is 2.56. The van der Waals surface area contributed by atoms with Crippen molar-refractivity contribution in [3.05, 3.63) is 53.8 Å². The van der Waals surface area contributed by atoms with Crippen LogP contribution in [-0.2, 0) is 10.0 Å². The molecule has 9 nitrogen and oxygen atoms in total. The molecule has 0 saturated carbocycles. The van der Waals surface area contributed by atoms with Gasteiger partial charge >= 0.3 is 0 Å². The van der Waals surface area contributed by atoms with E-state index in [1.54, 1.807) is 18.3 Å². The monoisotopic (exact) mass is 448 g/mol. The van der Waals surface area contributed by atoms with Gasteiger partial charge in [-0.25, -0.2) is 23.4 Å². The van der Waals surface area contributed by atoms with Gasteiger partial charge in [0.2, 0.25) is 10.0 Å². The minimum absolute atomic E-state index is 0.0749. The highest BCUT2D eigenvalue weighted by atomic mass is 35.5. The van der Waals surface area contributed by atoms with Gasteiger partial charge in [0.1, 0.15) is 34.4 Å². The second kappa shape index (κ2) is 8.21. The highest BCUT2D eigenvalue weighted by Crippen LogP contribution is 2.30. The maximum absolute atomic E-state index is 13.1. The molecule has 0 unspecified atom stereocenters. The molecule has 1 aliphatic rings. The summed E-state index contributed by atoms with van der Waals surface area (Å²) in [5.41, 5.74) is 0. The third kappa shape index (κ3) is 3.85. The van der Waals surface area contributed by atoms with Crippen molar-refractivity contribution >= 4 is 27.4 Å². The summed E-state index contributed by atoms with van der Waals surface area (Å²) in [6, 6.07) is 6.46. The van der Waals surface area contributed by atoms with E-state index in [9.17, 15) is 8.42 Å². The van der Waals surface area contributed by atoms with Crippen molar-refractivity contribution in [3.63, 3.8) is 0 Å². The molecular formula is C19H21ClN6O3S. The van der Waals surface area contributed by atoms with Crippen LogP contribution in [0.5, 0.6) is 5.75 Å². The van der Waals surface area contributed by atoms with Crippen molar-refractivity contribution in [1.82, 2.24) is 23.8 Å². The first-order valence-corrected chi connectivity index (χ1v) is 11.1. The van der Waals surface area contributed by atoms with E-state index < -0.39 is 10.0 Å². The van der Waals surface area contributed by atoms with Crippen LogP contribution in [-0.4, -0.2) is 65.5 Å². The molecule has 1 aliphatic heterocycles. The second-order valence-electron chi connectivity index (χ2n) is 6.77. The van der Waals surface area contributed by atoms with E-state index in [4.69, 9.17) is 16.3 Å². The highest BCUT2D eigenvalue weighted by molar-refractivity contribution is 7.89. The first-order valence-electron chi connectivity index (χ1n) is 9.31. The van der Waals surface area contributed by atoms with Gasteiger partial charge < -0.3 is 9.64 Å². The third-order valence-corrected chi connectivity index (χ3v) is 7.17. The van der Waals surface area contributed by atoms with Crippen LogP contribution in [0.25, 0.3) is 5.82 Å². The molecule has 0 radical (unpaired) electrons. The lowest BCUT2D eigenvalue weighted by molar-refractivity contribution is 0.373. The predicted molar refractivity (Wildman–Crippen MR) is 113 cm³/mol. The number of ether oxygens (including phenoxy) is 1. The lowest BCUT2D eigenvalue weighted by atomic mass is 10.3. The van der Waals surface area contributed by atoms with Crippen LogP contribution in [0.1, 0.15) is 5.82 Å². The van der Waals surface area contributed by atoms with Crippen molar-refractivity contribution in [2.75, 3.05) is 38.2 Å². The molecule has 1 aromatic carbocycles. The molecule has 11 heteroatoms. The molecule has 0 spiro atoms. The van der Waals surface area contributed by atoms with Gasteiger partial charge in [-0.15, -0.1) is 0 Å². The van der Waals surface area contributed by atoms with Crippen molar-refractivity contribution in [3.8, 4) is 11.6 Å². The molecule has 0 bridgehead atoms. The van der Waals surface area contributed by atoms with E-state index in [0.717, 1.165) is 11.6 Å². The molecule has 0 aliphatic carbocycles. The average Bonchev–Trinajstić information content (AvgIpc) is 3.20. The Morgan fingerprint density at radius 2 is 1.77 bits per heavy atom. The standard InChI is InChI=1S/C19H21ClN6O3S/c1-14-21-5-6-26(14)19-12-18(22-13-23-19)24-7-9-25(10-8-24)30(27,28)17-11-15(20)3-4-16(17)29-2/h3-6,11-13H,7-10H2,1-2H3. The molecule has 0 N–H and O–H groups in total. The van der Waals surface area contributed by atoms with Crippen LogP contribution in [0.15, 0.2) is 47.9 Å². The number of benzene rings is 1. The summed E-state index contributed by atoms with van der Waals surface area (Å²) in [6.07, 6.45) is 5.05. The van der Waals surface area contributed by atoms with E-state index in [1.165, 1.54) is 23.8 Å². The number of imidazole rings is 1. The van der Waals surface area contributed by atoms with Gasteiger partial charge in [-0.1, -0.05) is 11.6 Å². The van der Waals surface area contributed by atoms with Crippen molar-refractivity contribution in [2.24, 2.45) is 0 Å². The average molecular weight is 449 g/mol. The van der Waals surface area contributed by atoms with E-state index in [-0.39, 0.29) is 10.6 Å². The molecule has 3 heterocycles. The molecule has 30 heavy (non-hydrogen) atoms. The van der Waals surface area contributed by atoms with Crippen LogP contribution >= 0.6 is 11.6 Å². The normalized spacial score (nSPS) is 15.4. The first-order chi connectivity index (χ1) is 14.4. The fourth-order valence-corrected chi connectivity index (χ4v) is 5.25. The molecule has 0 amide bonds. The number of rotatable bonds is 5. The number of halogens is 1. The SMILES string of the molecule is COc1ccc(Cl)cc1S(=O)(=O)N1CCN(c2cc(-n3ccnc3C)ncn2)CC1. The lowest BCUT2D eigenvalue weighted by Gasteiger charge is -2.34. The molecule has 158 valence electrons. The zero-order chi connectivity index (χ0) is 21.3. The van der Waals surface area contributed by atoms with E-state index in [2.05, 4.69) is 15.0 Å².